The summed E-state index contributed by atoms with van der Waals surface area (Å²) in [6.07, 6.45) is 0.731. The Morgan fingerprint density at radius 3 is 2.65 bits per heavy atom. The van der Waals surface area contributed by atoms with Crippen molar-refractivity contribution < 1.29 is 14.3 Å². The largest absolute Gasteiger partial charge is 0.484 e. The Hall–Kier alpha value is -2.14. The minimum Gasteiger partial charge on any atom is -0.484 e. The Labute approximate surface area is 124 Å². The molecule has 5 heteroatoms. The number of carbonyl (C=O) groups is 2. The highest BCUT2D eigenvalue weighted by Gasteiger charge is 2.04. The molecule has 0 aliphatic carbocycles. The van der Waals surface area contributed by atoms with Crippen molar-refractivity contribution in [3.8, 4) is 5.75 Å². The molecule has 0 radical (unpaired) electrons. The molecule has 0 bridgehead atoms. The fourth-order valence-corrected chi connectivity index (χ4v) is 1.82. The summed E-state index contributed by atoms with van der Waals surface area (Å²) in [4.78, 5) is 22.3. The van der Waals surface area contributed by atoms with Crippen molar-refractivity contribution in [2.45, 2.75) is 0 Å². The van der Waals surface area contributed by atoms with Gasteiger partial charge in [-0.3, -0.25) is 9.59 Å². The van der Waals surface area contributed by atoms with Gasteiger partial charge in [0.2, 0.25) is 0 Å². The van der Waals surface area contributed by atoms with E-state index < -0.39 is 0 Å². The zero-order valence-corrected chi connectivity index (χ0v) is 12.1. The van der Waals surface area contributed by atoms with E-state index in [9.17, 15) is 9.59 Å². The summed E-state index contributed by atoms with van der Waals surface area (Å²) in [6, 6.07) is 13.9. The van der Waals surface area contributed by atoms with Crippen LogP contribution in [0.1, 0.15) is 10.4 Å². The van der Waals surface area contributed by atoms with E-state index in [1.807, 2.05) is 12.1 Å². The second kappa shape index (κ2) is 6.86. The van der Waals surface area contributed by atoms with Crippen LogP contribution in [0.3, 0.4) is 0 Å². The molecule has 0 aromatic heterocycles. The lowest BCUT2D eigenvalue weighted by molar-refractivity contribution is -0.118. The monoisotopic (exact) mass is 333 g/mol. The molecule has 0 heterocycles. The Morgan fingerprint density at radius 1 is 1.20 bits per heavy atom. The van der Waals surface area contributed by atoms with Crippen molar-refractivity contribution in [1.82, 2.24) is 0 Å². The number of halogens is 1. The predicted molar refractivity (Wildman–Crippen MR) is 80.1 cm³/mol. The van der Waals surface area contributed by atoms with Gasteiger partial charge in [0.25, 0.3) is 5.91 Å². The maximum Gasteiger partial charge on any atom is 0.262 e. The third kappa shape index (κ3) is 4.20. The first-order valence-corrected chi connectivity index (χ1v) is 6.70. The topological polar surface area (TPSA) is 55.4 Å². The number of hydrogen-bond donors (Lipinski definition) is 1. The van der Waals surface area contributed by atoms with Crippen LogP contribution >= 0.6 is 15.9 Å². The van der Waals surface area contributed by atoms with Crippen LogP contribution in [0.2, 0.25) is 0 Å². The zero-order valence-electron chi connectivity index (χ0n) is 10.5. The molecular weight excluding hydrogens is 322 g/mol. The molecule has 0 fully saturated rings. The molecule has 0 aliphatic rings. The van der Waals surface area contributed by atoms with Crippen molar-refractivity contribution in [3.63, 3.8) is 0 Å². The summed E-state index contributed by atoms with van der Waals surface area (Å²) in [5.41, 5.74) is 1.21. The molecule has 0 aliphatic heterocycles. The Morgan fingerprint density at radius 2 is 1.95 bits per heavy atom. The van der Waals surface area contributed by atoms with Gasteiger partial charge in [0, 0.05) is 15.7 Å². The quantitative estimate of drug-likeness (QED) is 0.854. The molecule has 0 unspecified atom stereocenters. The van der Waals surface area contributed by atoms with Gasteiger partial charge in [-0.05, 0) is 36.4 Å². The van der Waals surface area contributed by atoms with E-state index in [-0.39, 0.29) is 12.5 Å². The van der Waals surface area contributed by atoms with Crippen LogP contribution < -0.4 is 10.1 Å². The van der Waals surface area contributed by atoms with Crippen LogP contribution in [0, 0.1) is 0 Å². The van der Waals surface area contributed by atoms with Crippen LogP contribution in [0.25, 0.3) is 0 Å². The fourth-order valence-electron chi connectivity index (χ4n) is 1.56. The maximum atomic E-state index is 11.7. The molecule has 4 nitrogen and oxygen atoms in total. The number of benzene rings is 2. The predicted octanol–water partition coefficient (Wildman–Crippen LogP) is 3.28. The number of carbonyl (C=O) groups excluding carboxylic acids is 2. The maximum absolute atomic E-state index is 11.7. The van der Waals surface area contributed by atoms with Crippen molar-refractivity contribution >= 4 is 33.8 Å². The van der Waals surface area contributed by atoms with Gasteiger partial charge >= 0.3 is 0 Å². The highest BCUT2D eigenvalue weighted by Crippen LogP contribution is 2.15. The van der Waals surface area contributed by atoms with Crippen LogP contribution in [-0.4, -0.2) is 18.8 Å². The SMILES string of the molecule is O=Cc1cccc(OCC(=O)Nc2ccc(Br)cc2)c1. The molecule has 0 atom stereocenters. The third-order valence-electron chi connectivity index (χ3n) is 2.49. The smallest absolute Gasteiger partial charge is 0.262 e. The van der Waals surface area contributed by atoms with Gasteiger partial charge in [-0.25, -0.2) is 0 Å². The number of aldehydes is 1. The van der Waals surface area contributed by atoms with Crippen molar-refractivity contribution in [1.29, 1.82) is 0 Å². The molecule has 1 N–H and O–H groups in total. The normalized spacial score (nSPS) is 9.85. The van der Waals surface area contributed by atoms with E-state index in [0.717, 1.165) is 10.8 Å². The summed E-state index contributed by atoms with van der Waals surface area (Å²) in [6.45, 7) is -0.113. The van der Waals surface area contributed by atoms with Crippen molar-refractivity contribution in [3.05, 3.63) is 58.6 Å². The standard InChI is InChI=1S/C15H12BrNO3/c16-12-4-6-13(7-5-12)17-15(19)10-20-14-3-1-2-11(8-14)9-18/h1-9H,10H2,(H,17,19). The summed E-state index contributed by atoms with van der Waals surface area (Å²) >= 11 is 3.32. The van der Waals surface area contributed by atoms with E-state index in [1.54, 1.807) is 36.4 Å². The minimum absolute atomic E-state index is 0.113. The first kappa shape index (κ1) is 14.3. The number of ether oxygens (including phenoxy) is 1. The summed E-state index contributed by atoms with van der Waals surface area (Å²) in [5, 5.41) is 2.71. The number of rotatable bonds is 5. The van der Waals surface area contributed by atoms with E-state index in [4.69, 9.17) is 4.74 Å². The van der Waals surface area contributed by atoms with Gasteiger partial charge in [-0.1, -0.05) is 28.1 Å². The lowest BCUT2D eigenvalue weighted by Gasteiger charge is -2.07. The average Bonchev–Trinajstić information content (AvgIpc) is 2.48. The molecule has 0 saturated heterocycles. The second-order valence-corrected chi connectivity index (χ2v) is 4.95. The van der Waals surface area contributed by atoms with E-state index >= 15 is 0 Å². The van der Waals surface area contributed by atoms with Crippen molar-refractivity contribution in [2.24, 2.45) is 0 Å². The van der Waals surface area contributed by atoms with Gasteiger partial charge in [0.05, 0.1) is 0 Å². The van der Waals surface area contributed by atoms with Crippen molar-refractivity contribution in [2.75, 3.05) is 11.9 Å². The van der Waals surface area contributed by atoms with Crippen LogP contribution in [0.4, 0.5) is 5.69 Å². The Bertz CT molecular complexity index is 611. The minimum atomic E-state index is -0.260. The summed E-state index contributed by atoms with van der Waals surface area (Å²) < 4.78 is 6.27. The van der Waals surface area contributed by atoms with E-state index in [0.29, 0.717) is 17.0 Å². The number of nitrogens with one attached hydrogen (secondary N) is 1. The molecule has 0 spiro atoms. The first-order chi connectivity index (χ1) is 9.67. The number of anilines is 1. The molecule has 20 heavy (non-hydrogen) atoms. The van der Waals surface area contributed by atoms with Gasteiger partial charge in [0.1, 0.15) is 12.0 Å². The molecule has 2 aromatic carbocycles. The molecule has 2 aromatic rings. The zero-order chi connectivity index (χ0) is 14.4. The second-order valence-electron chi connectivity index (χ2n) is 4.03. The lowest BCUT2D eigenvalue weighted by atomic mass is 10.2. The van der Waals surface area contributed by atoms with Gasteiger partial charge in [0.15, 0.2) is 6.61 Å². The fraction of sp³-hybridized carbons (Fsp3) is 0.0667. The number of hydrogen-bond acceptors (Lipinski definition) is 3. The van der Waals surface area contributed by atoms with Gasteiger partial charge < -0.3 is 10.1 Å². The Balaban J connectivity index is 1.88. The third-order valence-corrected chi connectivity index (χ3v) is 3.02. The Kier molecular flexibility index (Phi) is 4.90. The highest BCUT2D eigenvalue weighted by atomic mass is 79.9. The van der Waals surface area contributed by atoms with Crippen LogP contribution in [0.5, 0.6) is 5.75 Å². The number of amides is 1. The molecular formula is C15H12BrNO3. The summed E-state index contributed by atoms with van der Waals surface area (Å²) in [7, 11) is 0. The van der Waals surface area contributed by atoms with Crippen LogP contribution in [-0.2, 0) is 4.79 Å². The highest BCUT2D eigenvalue weighted by molar-refractivity contribution is 9.10. The van der Waals surface area contributed by atoms with Crippen LogP contribution in [0.15, 0.2) is 53.0 Å². The van der Waals surface area contributed by atoms with Gasteiger partial charge in [-0.2, -0.15) is 0 Å². The first-order valence-electron chi connectivity index (χ1n) is 5.91. The lowest BCUT2D eigenvalue weighted by Crippen LogP contribution is -2.20. The molecule has 102 valence electrons. The van der Waals surface area contributed by atoms with E-state index in [2.05, 4.69) is 21.2 Å². The van der Waals surface area contributed by atoms with Gasteiger partial charge in [-0.15, -0.1) is 0 Å². The molecule has 0 saturated carbocycles. The van der Waals surface area contributed by atoms with E-state index in [1.165, 1.54) is 0 Å². The summed E-state index contributed by atoms with van der Waals surface area (Å²) in [5.74, 6) is 0.226. The average molecular weight is 334 g/mol. The molecule has 2 rings (SSSR count). The molecule has 1 amide bonds.